The molecule has 3 aliphatic heterocycles. The summed E-state index contributed by atoms with van der Waals surface area (Å²) in [6.07, 6.45) is 1.61. The van der Waals surface area contributed by atoms with Gasteiger partial charge in [0.25, 0.3) is 0 Å². The van der Waals surface area contributed by atoms with Crippen molar-refractivity contribution >= 4 is 17.6 Å². The maximum atomic E-state index is 12.0. The topological polar surface area (TPSA) is 72.5 Å². The van der Waals surface area contributed by atoms with E-state index in [-0.39, 0.29) is 23.9 Å². The van der Waals surface area contributed by atoms with E-state index in [1.807, 2.05) is 24.3 Å². The molecule has 3 heterocycles. The number of carbonyl (C=O) groups excluding carboxylic acids is 2. The molecule has 5 nitrogen and oxygen atoms in total. The van der Waals surface area contributed by atoms with Crippen LogP contribution in [0.3, 0.4) is 0 Å². The van der Waals surface area contributed by atoms with E-state index in [1.165, 1.54) is 5.56 Å². The third-order valence-electron chi connectivity index (χ3n) is 4.91. The van der Waals surface area contributed by atoms with Crippen molar-refractivity contribution in [2.24, 2.45) is 0 Å². The van der Waals surface area contributed by atoms with Gasteiger partial charge in [0.15, 0.2) is 0 Å². The van der Waals surface area contributed by atoms with Gasteiger partial charge in [0, 0.05) is 18.0 Å². The van der Waals surface area contributed by atoms with Crippen molar-refractivity contribution in [1.82, 2.24) is 4.90 Å². The molecule has 0 spiro atoms. The lowest BCUT2D eigenvalue weighted by Crippen LogP contribution is -2.60. The van der Waals surface area contributed by atoms with Crippen LogP contribution >= 0.6 is 0 Å². The van der Waals surface area contributed by atoms with E-state index < -0.39 is 12.0 Å². The molecule has 1 N–H and O–H groups in total. The predicted octanol–water partition coefficient (Wildman–Crippen LogP) is 0.0775. The molecule has 0 radical (unpaired) electrons. The molecule has 1 amide bonds. The molecule has 4 atom stereocenters. The highest BCUT2D eigenvalue weighted by Gasteiger charge is 2.51. The molecule has 1 aromatic carbocycles. The molecule has 0 saturated carbocycles. The molecule has 0 aliphatic carbocycles. The van der Waals surface area contributed by atoms with E-state index >= 15 is 0 Å². The maximum Gasteiger partial charge on any atom is 0.223 e. The first-order valence-electron chi connectivity index (χ1n) is 7.04. The van der Waals surface area contributed by atoms with Gasteiger partial charge in [-0.3, -0.25) is 4.79 Å². The minimum atomic E-state index is -1.13. The Labute approximate surface area is 116 Å². The van der Waals surface area contributed by atoms with Gasteiger partial charge in [-0.25, -0.2) is 0 Å². The maximum absolute atomic E-state index is 12.0. The van der Waals surface area contributed by atoms with Crippen LogP contribution in [0.25, 0.3) is 0 Å². The van der Waals surface area contributed by atoms with Crippen LogP contribution in [0.5, 0.6) is 0 Å². The van der Waals surface area contributed by atoms with E-state index in [9.17, 15) is 14.7 Å². The molecular weight excluding hydrogens is 256 g/mol. The Hall–Kier alpha value is -2.04. The first-order valence-corrected chi connectivity index (χ1v) is 7.04. The summed E-state index contributed by atoms with van der Waals surface area (Å²) >= 11 is 0. The number of amides is 1. The smallest absolute Gasteiger partial charge is 0.223 e. The number of fused-ring (bicyclic) bond motifs is 5. The zero-order valence-corrected chi connectivity index (χ0v) is 10.9. The summed E-state index contributed by atoms with van der Waals surface area (Å²) in [6.45, 7) is 0. The Balaban J connectivity index is 1.76. The van der Waals surface area contributed by atoms with Crippen LogP contribution in [0.2, 0.25) is 0 Å². The van der Waals surface area contributed by atoms with Crippen molar-refractivity contribution in [1.29, 1.82) is 0 Å². The zero-order chi connectivity index (χ0) is 13.9. The quantitative estimate of drug-likeness (QED) is 0.785. The monoisotopic (exact) mass is 271 g/mol. The molecule has 2 saturated heterocycles. The molecule has 2 fully saturated rings. The van der Waals surface area contributed by atoms with Crippen molar-refractivity contribution in [3.05, 3.63) is 29.8 Å². The molecule has 0 unspecified atom stereocenters. The van der Waals surface area contributed by atoms with Gasteiger partial charge in [0.2, 0.25) is 5.91 Å². The lowest BCUT2D eigenvalue weighted by atomic mass is 9.80. The van der Waals surface area contributed by atoms with Gasteiger partial charge in [-0.05, 0) is 24.5 Å². The second kappa shape index (κ2) is 3.98. The van der Waals surface area contributed by atoms with E-state index in [1.54, 1.807) is 4.90 Å². The number of hydrogen-bond donors (Lipinski definition) is 1. The molecule has 0 aromatic heterocycles. The normalized spacial score (nSPS) is 34.2. The third-order valence-corrected chi connectivity index (χ3v) is 4.91. The number of carbonyl (C=O) groups is 2. The Morgan fingerprint density at radius 1 is 1.35 bits per heavy atom. The minimum absolute atomic E-state index is 0.0310. The van der Waals surface area contributed by atoms with Crippen LogP contribution in [0.1, 0.15) is 30.7 Å². The van der Waals surface area contributed by atoms with Gasteiger partial charge in [0.05, 0.1) is 24.1 Å². The predicted molar refractivity (Wildman–Crippen MR) is 69.9 cm³/mol. The summed E-state index contributed by atoms with van der Waals surface area (Å²) in [4.78, 5) is 25.0. The molecule has 0 bridgehead atoms. The van der Waals surface area contributed by atoms with Crippen molar-refractivity contribution in [3.63, 3.8) is 0 Å². The van der Waals surface area contributed by atoms with Crippen LogP contribution < -0.4 is 10.4 Å². The molecule has 3 aliphatic rings. The third kappa shape index (κ3) is 1.43. The van der Waals surface area contributed by atoms with Gasteiger partial charge in [-0.1, -0.05) is 18.2 Å². The van der Waals surface area contributed by atoms with Crippen molar-refractivity contribution in [3.8, 4) is 0 Å². The SMILES string of the molecule is O=C([O-])[C@H]1C[C@@H]2c3ccccc3N[C@H]2[C@H]2CCC(=O)N12. The summed E-state index contributed by atoms with van der Waals surface area (Å²) in [6, 6.07) is 7.32. The van der Waals surface area contributed by atoms with Gasteiger partial charge in [-0.15, -0.1) is 0 Å². The highest BCUT2D eigenvalue weighted by Crippen LogP contribution is 2.47. The van der Waals surface area contributed by atoms with E-state index in [0.29, 0.717) is 12.8 Å². The number of para-hydroxylation sites is 1. The summed E-state index contributed by atoms with van der Waals surface area (Å²) in [5.41, 5.74) is 2.24. The fraction of sp³-hybridized carbons (Fsp3) is 0.467. The second-order valence-corrected chi connectivity index (χ2v) is 5.84. The molecular formula is C15H15N2O3-. The highest BCUT2D eigenvalue weighted by molar-refractivity contribution is 5.86. The first-order chi connectivity index (χ1) is 9.66. The Bertz CT molecular complexity index is 601. The summed E-state index contributed by atoms with van der Waals surface area (Å²) in [5.74, 6) is -1.03. The van der Waals surface area contributed by atoms with Gasteiger partial charge in [-0.2, -0.15) is 0 Å². The molecule has 5 heteroatoms. The number of benzene rings is 1. The fourth-order valence-electron chi connectivity index (χ4n) is 4.11. The number of nitrogens with zero attached hydrogens (tertiary/aromatic N) is 1. The molecule has 1 aromatic rings. The number of hydrogen-bond acceptors (Lipinski definition) is 4. The zero-order valence-electron chi connectivity index (χ0n) is 10.9. The van der Waals surface area contributed by atoms with E-state index in [0.717, 1.165) is 12.1 Å². The molecule has 20 heavy (non-hydrogen) atoms. The summed E-state index contributed by atoms with van der Waals surface area (Å²) in [7, 11) is 0. The highest BCUT2D eigenvalue weighted by atomic mass is 16.4. The number of piperidine rings is 1. The van der Waals surface area contributed by atoms with Crippen LogP contribution in [-0.2, 0) is 9.59 Å². The Morgan fingerprint density at radius 3 is 2.95 bits per heavy atom. The molecule has 104 valence electrons. The van der Waals surface area contributed by atoms with Crippen LogP contribution in [0, 0.1) is 0 Å². The molecule has 4 rings (SSSR count). The standard InChI is InChI=1S/C15H16N2O3/c18-13-6-5-11-14-9(7-12(15(19)20)17(11)13)8-3-1-2-4-10(8)16-14/h1-4,9,11-12,14,16H,5-7H2,(H,19,20)/p-1/t9-,11-,12-,14-/m1/s1. The number of anilines is 1. The van der Waals surface area contributed by atoms with Gasteiger partial charge in [0.1, 0.15) is 0 Å². The van der Waals surface area contributed by atoms with Crippen LogP contribution in [0.4, 0.5) is 5.69 Å². The average molecular weight is 271 g/mol. The van der Waals surface area contributed by atoms with Gasteiger partial charge >= 0.3 is 0 Å². The van der Waals surface area contributed by atoms with E-state index in [4.69, 9.17) is 0 Å². The number of carboxylic acid groups (broad SMARTS) is 1. The Morgan fingerprint density at radius 2 is 2.15 bits per heavy atom. The van der Waals surface area contributed by atoms with E-state index in [2.05, 4.69) is 5.32 Å². The second-order valence-electron chi connectivity index (χ2n) is 5.84. The number of carboxylic acids is 1. The summed E-state index contributed by atoms with van der Waals surface area (Å²) < 4.78 is 0. The van der Waals surface area contributed by atoms with Crippen LogP contribution in [0.15, 0.2) is 24.3 Å². The lowest BCUT2D eigenvalue weighted by Gasteiger charge is -2.45. The average Bonchev–Trinajstić information content (AvgIpc) is 2.99. The van der Waals surface area contributed by atoms with Gasteiger partial charge < -0.3 is 20.1 Å². The Kier molecular flexibility index (Phi) is 2.34. The number of rotatable bonds is 1. The fourth-order valence-corrected chi connectivity index (χ4v) is 4.11. The van der Waals surface area contributed by atoms with Crippen molar-refractivity contribution in [2.45, 2.75) is 43.3 Å². The number of aliphatic carboxylic acids is 1. The summed E-state index contributed by atoms with van der Waals surface area (Å²) in [5, 5.41) is 14.9. The van der Waals surface area contributed by atoms with Crippen molar-refractivity contribution < 1.29 is 14.7 Å². The number of nitrogens with one attached hydrogen (secondary N) is 1. The first kappa shape index (κ1) is 11.8. The minimum Gasteiger partial charge on any atom is -0.548 e. The van der Waals surface area contributed by atoms with Crippen molar-refractivity contribution in [2.75, 3.05) is 5.32 Å². The largest absolute Gasteiger partial charge is 0.548 e. The lowest BCUT2D eigenvalue weighted by molar-refractivity contribution is -0.312. The van der Waals surface area contributed by atoms with Crippen LogP contribution in [-0.4, -0.2) is 34.9 Å².